The molecule has 2 heterocycles. The van der Waals surface area contributed by atoms with Crippen molar-refractivity contribution >= 4 is 5.91 Å². The molecular formula is C15H17F3N2O2. The average molecular weight is 314 g/mol. The molecule has 1 N–H and O–H groups in total. The maximum absolute atomic E-state index is 12.7. The molecule has 2 fully saturated rings. The van der Waals surface area contributed by atoms with Gasteiger partial charge in [-0.05, 0) is 24.6 Å². The monoisotopic (exact) mass is 314 g/mol. The second kappa shape index (κ2) is 5.55. The van der Waals surface area contributed by atoms with E-state index >= 15 is 0 Å². The molecule has 2 aliphatic heterocycles. The van der Waals surface area contributed by atoms with Gasteiger partial charge in [-0.2, -0.15) is 13.2 Å². The molecule has 2 saturated heterocycles. The summed E-state index contributed by atoms with van der Waals surface area (Å²) in [5.74, 6) is -0.382. The molecule has 1 aromatic carbocycles. The van der Waals surface area contributed by atoms with Crippen molar-refractivity contribution in [2.45, 2.75) is 24.7 Å². The number of halogens is 3. The van der Waals surface area contributed by atoms with Crippen molar-refractivity contribution in [3.63, 3.8) is 0 Å². The Kier molecular flexibility index (Phi) is 3.86. The van der Waals surface area contributed by atoms with E-state index in [1.807, 2.05) is 0 Å². The van der Waals surface area contributed by atoms with Crippen molar-refractivity contribution in [2.24, 2.45) is 0 Å². The molecule has 0 unspecified atom stereocenters. The SMILES string of the molecule is O=C(c1cccc(C(F)(F)F)c1)N1CCN2C[C@@H](O)C[C@@H]2C1. The number of aliphatic hydroxyl groups is 1. The van der Waals surface area contributed by atoms with Crippen LogP contribution in [0.3, 0.4) is 0 Å². The molecule has 22 heavy (non-hydrogen) atoms. The van der Waals surface area contributed by atoms with Gasteiger partial charge < -0.3 is 10.0 Å². The Hall–Kier alpha value is -1.60. The molecule has 2 atom stereocenters. The first-order valence-corrected chi connectivity index (χ1v) is 7.23. The molecule has 0 aliphatic carbocycles. The third-order valence-corrected chi connectivity index (χ3v) is 4.32. The van der Waals surface area contributed by atoms with Crippen LogP contribution in [0.5, 0.6) is 0 Å². The van der Waals surface area contributed by atoms with Crippen LogP contribution in [0.15, 0.2) is 24.3 Å². The molecule has 7 heteroatoms. The van der Waals surface area contributed by atoms with Gasteiger partial charge in [0, 0.05) is 37.8 Å². The Morgan fingerprint density at radius 2 is 2.00 bits per heavy atom. The first-order chi connectivity index (χ1) is 10.3. The number of rotatable bonds is 1. The molecular weight excluding hydrogens is 297 g/mol. The maximum atomic E-state index is 12.7. The third kappa shape index (κ3) is 2.96. The molecule has 0 bridgehead atoms. The van der Waals surface area contributed by atoms with Crippen LogP contribution in [0.4, 0.5) is 13.2 Å². The zero-order chi connectivity index (χ0) is 15.9. The summed E-state index contributed by atoms with van der Waals surface area (Å²) in [4.78, 5) is 16.1. The van der Waals surface area contributed by atoms with Gasteiger partial charge in [-0.1, -0.05) is 6.07 Å². The summed E-state index contributed by atoms with van der Waals surface area (Å²) in [6, 6.07) is 4.62. The van der Waals surface area contributed by atoms with Crippen LogP contribution in [-0.2, 0) is 6.18 Å². The second-order valence-electron chi connectivity index (χ2n) is 5.87. The minimum atomic E-state index is -4.45. The molecule has 3 rings (SSSR count). The highest BCUT2D eigenvalue weighted by Gasteiger charge is 2.37. The van der Waals surface area contributed by atoms with E-state index in [0.29, 0.717) is 32.6 Å². The normalized spacial score (nSPS) is 26.1. The fourth-order valence-corrected chi connectivity index (χ4v) is 3.21. The van der Waals surface area contributed by atoms with E-state index in [2.05, 4.69) is 4.90 Å². The zero-order valence-corrected chi connectivity index (χ0v) is 11.9. The van der Waals surface area contributed by atoms with Crippen LogP contribution in [0.25, 0.3) is 0 Å². The molecule has 4 nitrogen and oxygen atoms in total. The minimum absolute atomic E-state index is 0.0572. The number of carbonyl (C=O) groups is 1. The van der Waals surface area contributed by atoms with Crippen LogP contribution < -0.4 is 0 Å². The number of nitrogens with zero attached hydrogens (tertiary/aromatic N) is 2. The lowest BCUT2D eigenvalue weighted by Gasteiger charge is -2.37. The fraction of sp³-hybridized carbons (Fsp3) is 0.533. The lowest BCUT2D eigenvalue weighted by molar-refractivity contribution is -0.137. The maximum Gasteiger partial charge on any atom is 0.416 e. The summed E-state index contributed by atoms with van der Waals surface area (Å²) in [5, 5.41) is 9.66. The van der Waals surface area contributed by atoms with Crippen molar-refractivity contribution in [1.82, 2.24) is 9.80 Å². The van der Waals surface area contributed by atoms with Gasteiger partial charge in [-0.15, -0.1) is 0 Å². The van der Waals surface area contributed by atoms with Crippen LogP contribution in [0.2, 0.25) is 0 Å². The fourth-order valence-electron chi connectivity index (χ4n) is 3.21. The highest BCUT2D eigenvalue weighted by atomic mass is 19.4. The number of benzene rings is 1. The predicted molar refractivity (Wildman–Crippen MR) is 73.3 cm³/mol. The number of hydrogen-bond acceptors (Lipinski definition) is 3. The van der Waals surface area contributed by atoms with Gasteiger partial charge in [0.15, 0.2) is 0 Å². The zero-order valence-electron chi connectivity index (χ0n) is 11.9. The van der Waals surface area contributed by atoms with Crippen LogP contribution >= 0.6 is 0 Å². The Labute approximate surface area is 126 Å². The average Bonchev–Trinajstić information content (AvgIpc) is 2.84. The Morgan fingerprint density at radius 3 is 2.73 bits per heavy atom. The lowest BCUT2D eigenvalue weighted by atomic mass is 10.1. The minimum Gasteiger partial charge on any atom is -0.392 e. The number of piperazine rings is 1. The molecule has 0 saturated carbocycles. The molecule has 0 aromatic heterocycles. The van der Waals surface area contributed by atoms with E-state index in [9.17, 15) is 23.1 Å². The van der Waals surface area contributed by atoms with Gasteiger partial charge >= 0.3 is 6.18 Å². The highest BCUT2D eigenvalue weighted by Crippen LogP contribution is 2.30. The summed E-state index contributed by atoms with van der Waals surface area (Å²) >= 11 is 0. The topological polar surface area (TPSA) is 43.8 Å². The van der Waals surface area contributed by atoms with Gasteiger partial charge in [-0.25, -0.2) is 0 Å². The number of amides is 1. The standard InChI is InChI=1S/C15H17F3N2O2/c16-15(17,18)11-3-1-2-10(6-11)14(22)20-5-4-19-9-13(21)7-12(19)8-20/h1-3,6,12-13,21H,4-5,7-9H2/t12-,13+/m1/s1. The number of hydrogen-bond donors (Lipinski definition) is 1. The molecule has 1 amide bonds. The van der Waals surface area contributed by atoms with Crippen molar-refractivity contribution < 1.29 is 23.1 Å². The largest absolute Gasteiger partial charge is 0.416 e. The predicted octanol–water partition coefficient (Wildman–Crippen LogP) is 1.60. The van der Waals surface area contributed by atoms with Gasteiger partial charge in [0.25, 0.3) is 5.91 Å². The summed E-state index contributed by atoms with van der Waals surface area (Å²) in [6.07, 6.45) is -4.23. The molecule has 0 spiro atoms. The first kappa shape index (κ1) is 15.3. The first-order valence-electron chi connectivity index (χ1n) is 7.23. The molecule has 0 radical (unpaired) electrons. The molecule has 1 aromatic rings. The Bertz CT molecular complexity index is 576. The molecule has 2 aliphatic rings. The van der Waals surface area contributed by atoms with Crippen molar-refractivity contribution in [3.05, 3.63) is 35.4 Å². The van der Waals surface area contributed by atoms with Crippen molar-refractivity contribution in [2.75, 3.05) is 26.2 Å². The van der Waals surface area contributed by atoms with Crippen LogP contribution in [0.1, 0.15) is 22.3 Å². The third-order valence-electron chi connectivity index (χ3n) is 4.32. The van der Waals surface area contributed by atoms with Gasteiger partial charge in [0.2, 0.25) is 0 Å². The Morgan fingerprint density at radius 1 is 1.23 bits per heavy atom. The second-order valence-corrected chi connectivity index (χ2v) is 5.87. The van der Waals surface area contributed by atoms with E-state index in [1.54, 1.807) is 4.90 Å². The van der Waals surface area contributed by atoms with Crippen LogP contribution in [-0.4, -0.2) is 59.1 Å². The quantitative estimate of drug-likeness (QED) is 0.856. The summed E-state index contributed by atoms with van der Waals surface area (Å²) in [7, 11) is 0. The van der Waals surface area contributed by atoms with E-state index in [-0.39, 0.29) is 23.6 Å². The highest BCUT2D eigenvalue weighted by molar-refractivity contribution is 5.94. The van der Waals surface area contributed by atoms with Crippen LogP contribution in [0, 0.1) is 0 Å². The number of fused-ring (bicyclic) bond motifs is 1. The van der Waals surface area contributed by atoms with Crippen molar-refractivity contribution in [3.8, 4) is 0 Å². The lowest BCUT2D eigenvalue weighted by Crippen LogP contribution is -2.52. The number of carbonyl (C=O) groups excluding carboxylic acids is 1. The van der Waals surface area contributed by atoms with E-state index in [0.717, 1.165) is 12.1 Å². The van der Waals surface area contributed by atoms with E-state index in [4.69, 9.17) is 0 Å². The van der Waals surface area contributed by atoms with Gasteiger partial charge in [0.05, 0.1) is 11.7 Å². The van der Waals surface area contributed by atoms with Crippen molar-refractivity contribution in [1.29, 1.82) is 0 Å². The molecule has 120 valence electrons. The summed E-state index contributed by atoms with van der Waals surface area (Å²) in [6.45, 7) is 2.17. The Balaban J connectivity index is 1.74. The van der Waals surface area contributed by atoms with Gasteiger partial charge in [0.1, 0.15) is 0 Å². The summed E-state index contributed by atoms with van der Waals surface area (Å²) < 4.78 is 38.2. The number of aliphatic hydroxyl groups excluding tert-OH is 1. The summed E-state index contributed by atoms with van der Waals surface area (Å²) in [5.41, 5.74) is -0.755. The number of alkyl halides is 3. The van der Waals surface area contributed by atoms with Gasteiger partial charge in [-0.3, -0.25) is 9.69 Å². The van der Waals surface area contributed by atoms with E-state index in [1.165, 1.54) is 12.1 Å². The smallest absolute Gasteiger partial charge is 0.392 e. The van der Waals surface area contributed by atoms with E-state index < -0.39 is 11.7 Å².